The van der Waals surface area contributed by atoms with Gasteiger partial charge in [-0.05, 0) is 39.0 Å². The molecule has 2 rings (SSSR count). The number of hydrogen-bond acceptors (Lipinski definition) is 2. The van der Waals surface area contributed by atoms with Crippen LogP contribution >= 0.6 is 0 Å². The molecule has 0 aliphatic rings. The number of halogens is 3. The molecule has 21 heavy (non-hydrogen) atoms. The molecule has 0 radical (unpaired) electrons. The van der Waals surface area contributed by atoms with Crippen molar-refractivity contribution in [3.05, 3.63) is 47.8 Å². The average molecular weight is 297 g/mol. The van der Waals surface area contributed by atoms with E-state index in [2.05, 4.69) is 10.4 Å². The zero-order chi connectivity index (χ0) is 15.7. The van der Waals surface area contributed by atoms with E-state index in [1.807, 2.05) is 20.8 Å². The Hall–Kier alpha value is -1.82. The van der Waals surface area contributed by atoms with Crippen LogP contribution in [0.4, 0.5) is 13.2 Å². The molecule has 1 N–H and O–H groups in total. The van der Waals surface area contributed by atoms with Crippen LogP contribution in [0.15, 0.2) is 36.5 Å². The molecule has 0 saturated heterocycles. The van der Waals surface area contributed by atoms with E-state index in [4.69, 9.17) is 0 Å². The van der Waals surface area contributed by atoms with Crippen LogP contribution < -0.4 is 5.32 Å². The first kappa shape index (κ1) is 15.6. The third-order valence-corrected chi connectivity index (χ3v) is 2.90. The minimum absolute atomic E-state index is 0.0343. The van der Waals surface area contributed by atoms with Gasteiger partial charge in [-0.3, -0.25) is 0 Å². The number of nitrogens with zero attached hydrogens (tertiary/aromatic N) is 2. The molecule has 1 heterocycles. The van der Waals surface area contributed by atoms with E-state index in [-0.39, 0.29) is 11.2 Å². The maximum absolute atomic E-state index is 13.0. The van der Waals surface area contributed by atoms with Gasteiger partial charge in [-0.2, -0.15) is 18.3 Å². The van der Waals surface area contributed by atoms with Crippen molar-refractivity contribution in [2.75, 3.05) is 0 Å². The highest BCUT2D eigenvalue weighted by molar-refractivity contribution is 5.42. The summed E-state index contributed by atoms with van der Waals surface area (Å²) in [5.41, 5.74) is -0.0365. The van der Waals surface area contributed by atoms with Crippen LogP contribution in [0.3, 0.4) is 0 Å². The number of benzene rings is 1. The molecule has 0 amide bonds. The van der Waals surface area contributed by atoms with Gasteiger partial charge in [0.15, 0.2) is 0 Å². The molecule has 0 unspecified atom stereocenters. The highest BCUT2D eigenvalue weighted by atomic mass is 19.4. The molecule has 1 aromatic heterocycles. The van der Waals surface area contributed by atoms with Crippen LogP contribution in [0.1, 0.15) is 32.0 Å². The second kappa shape index (κ2) is 5.52. The maximum Gasteiger partial charge on any atom is 0.418 e. The van der Waals surface area contributed by atoms with Crippen molar-refractivity contribution >= 4 is 0 Å². The van der Waals surface area contributed by atoms with Crippen molar-refractivity contribution < 1.29 is 13.2 Å². The molecule has 0 saturated carbocycles. The number of aromatic nitrogens is 2. The molecule has 0 spiro atoms. The van der Waals surface area contributed by atoms with Gasteiger partial charge in [-0.1, -0.05) is 12.1 Å². The highest BCUT2D eigenvalue weighted by Crippen LogP contribution is 2.33. The predicted molar refractivity (Wildman–Crippen MR) is 75.2 cm³/mol. The summed E-state index contributed by atoms with van der Waals surface area (Å²) in [5.74, 6) is 0. The van der Waals surface area contributed by atoms with E-state index in [9.17, 15) is 13.2 Å². The Morgan fingerprint density at radius 1 is 1.10 bits per heavy atom. The Labute approximate surface area is 121 Å². The largest absolute Gasteiger partial charge is 0.418 e. The van der Waals surface area contributed by atoms with Gasteiger partial charge in [-0.15, -0.1) is 0 Å². The van der Waals surface area contributed by atoms with Crippen molar-refractivity contribution in [2.45, 2.75) is 39.0 Å². The molecule has 2 aromatic rings. The Bertz CT molecular complexity index is 609. The first-order valence-corrected chi connectivity index (χ1v) is 6.63. The van der Waals surface area contributed by atoms with Gasteiger partial charge >= 0.3 is 6.18 Å². The van der Waals surface area contributed by atoms with Crippen molar-refractivity contribution in [3.8, 4) is 5.69 Å². The van der Waals surface area contributed by atoms with Crippen molar-refractivity contribution in [2.24, 2.45) is 0 Å². The van der Waals surface area contributed by atoms with Gasteiger partial charge in [0, 0.05) is 18.3 Å². The van der Waals surface area contributed by atoms with Crippen LogP contribution in [0.25, 0.3) is 5.69 Å². The second-order valence-electron chi connectivity index (χ2n) is 5.87. The van der Waals surface area contributed by atoms with Crippen LogP contribution in [0.5, 0.6) is 0 Å². The van der Waals surface area contributed by atoms with Gasteiger partial charge in [0.2, 0.25) is 0 Å². The molecule has 114 valence electrons. The number of rotatable bonds is 3. The Balaban J connectivity index is 2.26. The fourth-order valence-corrected chi connectivity index (χ4v) is 1.86. The van der Waals surface area contributed by atoms with Crippen LogP contribution in [-0.4, -0.2) is 15.3 Å². The monoisotopic (exact) mass is 297 g/mol. The normalized spacial score (nSPS) is 12.7. The summed E-state index contributed by atoms with van der Waals surface area (Å²) in [5, 5.41) is 7.46. The third kappa shape index (κ3) is 4.07. The van der Waals surface area contributed by atoms with Crippen molar-refractivity contribution in [1.82, 2.24) is 15.1 Å². The van der Waals surface area contributed by atoms with Gasteiger partial charge in [0.25, 0.3) is 0 Å². The summed E-state index contributed by atoms with van der Waals surface area (Å²) in [6.45, 7) is 6.56. The summed E-state index contributed by atoms with van der Waals surface area (Å²) in [6.07, 6.45) is -2.85. The Kier molecular flexibility index (Phi) is 4.09. The van der Waals surface area contributed by atoms with Crippen LogP contribution in [0.2, 0.25) is 0 Å². The summed E-state index contributed by atoms with van der Waals surface area (Å²) in [6, 6.07) is 7.13. The van der Waals surface area contributed by atoms with E-state index in [1.165, 1.54) is 16.8 Å². The molecular formula is C15H18F3N3. The quantitative estimate of drug-likeness (QED) is 0.934. The summed E-state index contributed by atoms with van der Waals surface area (Å²) in [7, 11) is 0. The minimum Gasteiger partial charge on any atom is -0.306 e. The Morgan fingerprint density at radius 3 is 2.38 bits per heavy atom. The van der Waals surface area contributed by atoms with E-state index in [0.717, 1.165) is 6.07 Å². The van der Waals surface area contributed by atoms with E-state index < -0.39 is 11.7 Å². The first-order chi connectivity index (χ1) is 9.67. The molecule has 1 aromatic carbocycles. The fourth-order valence-electron chi connectivity index (χ4n) is 1.86. The van der Waals surface area contributed by atoms with Crippen LogP contribution in [0, 0.1) is 0 Å². The highest BCUT2D eigenvalue weighted by Gasteiger charge is 2.33. The predicted octanol–water partition coefficient (Wildman–Crippen LogP) is 3.78. The Morgan fingerprint density at radius 2 is 1.76 bits per heavy atom. The zero-order valence-corrected chi connectivity index (χ0v) is 12.2. The lowest BCUT2D eigenvalue weighted by atomic mass is 10.1. The SMILES string of the molecule is CC(C)(C)NCc1ccn(-c2ccccc2C(F)(F)F)n1. The average Bonchev–Trinajstić information content (AvgIpc) is 2.83. The minimum atomic E-state index is -4.40. The van der Waals surface area contributed by atoms with Gasteiger partial charge in [-0.25, -0.2) is 4.68 Å². The summed E-state index contributed by atoms with van der Waals surface area (Å²) >= 11 is 0. The third-order valence-electron chi connectivity index (χ3n) is 2.90. The molecular weight excluding hydrogens is 279 g/mol. The van der Waals surface area contributed by atoms with E-state index >= 15 is 0 Å². The van der Waals surface area contributed by atoms with Gasteiger partial charge in [0.1, 0.15) is 0 Å². The standard InChI is InChI=1S/C15H18F3N3/c1-14(2,3)19-10-11-8-9-21(20-11)13-7-5-4-6-12(13)15(16,17)18/h4-9,19H,10H2,1-3H3. The fraction of sp³-hybridized carbons (Fsp3) is 0.400. The first-order valence-electron chi connectivity index (χ1n) is 6.63. The van der Waals surface area contributed by atoms with Crippen LogP contribution in [-0.2, 0) is 12.7 Å². The number of hydrogen-bond donors (Lipinski definition) is 1. The molecule has 0 atom stereocenters. The lowest BCUT2D eigenvalue weighted by Gasteiger charge is -2.19. The van der Waals surface area contributed by atoms with E-state index in [1.54, 1.807) is 18.3 Å². The molecule has 6 heteroatoms. The van der Waals surface area contributed by atoms with Crippen molar-refractivity contribution in [3.63, 3.8) is 0 Å². The zero-order valence-electron chi connectivity index (χ0n) is 12.2. The molecule has 0 fully saturated rings. The summed E-state index contributed by atoms with van der Waals surface area (Å²) in [4.78, 5) is 0. The number of para-hydroxylation sites is 1. The lowest BCUT2D eigenvalue weighted by Crippen LogP contribution is -2.35. The van der Waals surface area contributed by atoms with Gasteiger partial charge < -0.3 is 5.32 Å². The number of alkyl halides is 3. The smallest absolute Gasteiger partial charge is 0.306 e. The lowest BCUT2D eigenvalue weighted by molar-refractivity contribution is -0.137. The molecule has 0 bridgehead atoms. The van der Waals surface area contributed by atoms with Crippen molar-refractivity contribution in [1.29, 1.82) is 0 Å². The van der Waals surface area contributed by atoms with E-state index in [0.29, 0.717) is 12.2 Å². The number of nitrogens with one attached hydrogen (secondary N) is 1. The maximum atomic E-state index is 13.0. The summed E-state index contributed by atoms with van der Waals surface area (Å²) < 4.78 is 40.2. The molecule has 0 aliphatic carbocycles. The topological polar surface area (TPSA) is 29.9 Å². The second-order valence-corrected chi connectivity index (χ2v) is 5.87. The van der Waals surface area contributed by atoms with Gasteiger partial charge in [0.05, 0.1) is 16.9 Å². The molecule has 0 aliphatic heterocycles. The molecule has 3 nitrogen and oxygen atoms in total.